The van der Waals surface area contributed by atoms with Crippen LogP contribution in [0.5, 0.6) is 5.75 Å². The Balaban J connectivity index is 1.48. The van der Waals surface area contributed by atoms with Crippen molar-refractivity contribution in [3.63, 3.8) is 0 Å². The van der Waals surface area contributed by atoms with Gasteiger partial charge in [0.25, 0.3) is 0 Å². The van der Waals surface area contributed by atoms with Crippen LogP contribution in [0.4, 0.5) is 0 Å². The highest BCUT2D eigenvalue weighted by Gasteiger charge is 2.41. The molecule has 0 N–H and O–H groups in total. The van der Waals surface area contributed by atoms with Crippen molar-refractivity contribution in [3.8, 4) is 5.75 Å². The molecule has 130 valence electrons. The highest BCUT2D eigenvalue weighted by molar-refractivity contribution is 5.86. The van der Waals surface area contributed by atoms with E-state index >= 15 is 0 Å². The normalized spacial score (nSPS) is 30.2. The second-order valence-corrected chi connectivity index (χ2v) is 7.03. The molecule has 24 heavy (non-hydrogen) atoms. The van der Waals surface area contributed by atoms with Gasteiger partial charge < -0.3 is 14.4 Å². The summed E-state index contributed by atoms with van der Waals surface area (Å²) in [5.41, 5.74) is 1.05. The summed E-state index contributed by atoms with van der Waals surface area (Å²) in [5, 5.41) is 0. The van der Waals surface area contributed by atoms with Crippen LogP contribution in [0.15, 0.2) is 24.3 Å². The highest BCUT2D eigenvalue weighted by Crippen LogP contribution is 2.36. The number of hydrogen-bond acceptors (Lipinski definition) is 4. The molecule has 3 heterocycles. The molecule has 1 amide bonds. The summed E-state index contributed by atoms with van der Waals surface area (Å²) < 4.78 is 11.2. The number of amides is 1. The topological polar surface area (TPSA) is 42.0 Å². The molecule has 5 nitrogen and oxygen atoms in total. The monoisotopic (exact) mass is 330 g/mol. The lowest BCUT2D eigenvalue weighted by atomic mass is 9.99. The van der Waals surface area contributed by atoms with E-state index in [2.05, 4.69) is 16.7 Å². The zero-order valence-electron chi connectivity index (χ0n) is 14.3. The molecule has 0 radical (unpaired) electrons. The first-order chi connectivity index (χ1) is 11.8. The van der Waals surface area contributed by atoms with Crippen molar-refractivity contribution in [1.82, 2.24) is 9.80 Å². The third-order valence-corrected chi connectivity index (χ3v) is 5.76. The average molecular weight is 330 g/mol. The van der Waals surface area contributed by atoms with Crippen LogP contribution in [0.3, 0.4) is 0 Å². The fourth-order valence-corrected chi connectivity index (χ4v) is 4.35. The Hall–Kier alpha value is -1.59. The Labute approximate surface area is 143 Å². The van der Waals surface area contributed by atoms with Gasteiger partial charge in [-0.25, -0.2) is 0 Å². The third-order valence-electron chi connectivity index (χ3n) is 5.76. The molecule has 4 rings (SSSR count). The van der Waals surface area contributed by atoms with Gasteiger partial charge in [-0.3, -0.25) is 9.69 Å². The lowest BCUT2D eigenvalue weighted by molar-refractivity contribution is -0.132. The van der Waals surface area contributed by atoms with Gasteiger partial charge in [-0.2, -0.15) is 0 Å². The quantitative estimate of drug-likeness (QED) is 0.846. The lowest BCUT2D eigenvalue weighted by Gasteiger charge is -2.34. The zero-order chi connectivity index (χ0) is 16.5. The molecule has 5 heteroatoms. The van der Waals surface area contributed by atoms with Crippen LogP contribution in [0.2, 0.25) is 0 Å². The van der Waals surface area contributed by atoms with Gasteiger partial charge in [0.05, 0.1) is 13.2 Å². The van der Waals surface area contributed by atoms with E-state index in [9.17, 15) is 4.79 Å². The summed E-state index contributed by atoms with van der Waals surface area (Å²) >= 11 is 0. The number of para-hydroxylation sites is 1. The van der Waals surface area contributed by atoms with Gasteiger partial charge in [0.1, 0.15) is 18.3 Å². The summed E-state index contributed by atoms with van der Waals surface area (Å²) in [4.78, 5) is 17.7. The Morgan fingerprint density at radius 2 is 2.00 bits per heavy atom. The van der Waals surface area contributed by atoms with Gasteiger partial charge >= 0.3 is 0 Å². The molecule has 0 aromatic heterocycles. The van der Waals surface area contributed by atoms with Crippen molar-refractivity contribution in [2.24, 2.45) is 5.92 Å². The van der Waals surface area contributed by atoms with Crippen LogP contribution >= 0.6 is 0 Å². The molecule has 0 saturated carbocycles. The summed E-state index contributed by atoms with van der Waals surface area (Å²) in [7, 11) is 0. The SMILES string of the molecule is CCC1CN(C(=O)C2COc3ccccc32)CC1N1CCOCC1. The minimum atomic E-state index is -0.137. The highest BCUT2D eigenvalue weighted by atomic mass is 16.5. The number of rotatable bonds is 3. The number of benzene rings is 1. The molecule has 0 aliphatic carbocycles. The van der Waals surface area contributed by atoms with Gasteiger partial charge in [0.15, 0.2) is 0 Å². The van der Waals surface area contributed by atoms with Crippen LogP contribution in [0.1, 0.15) is 24.8 Å². The van der Waals surface area contributed by atoms with Crippen LogP contribution in [-0.4, -0.2) is 67.7 Å². The van der Waals surface area contributed by atoms with Gasteiger partial charge in [-0.1, -0.05) is 31.5 Å². The first kappa shape index (κ1) is 15.9. The maximum atomic E-state index is 13.1. The average Bonchev–Trinajstić information content (AvgIpc) is 3.26. The Morgan fingerprint density at radius 1 is 1.21 bits per heavy atom. The first-order valence-corrected chi connectivity index (χ1v) is 9.10. The molecule has 3 aliphatic heterocycles. The number of ether oxygens (including phenoxy) is 2. The van der Waals surface area contributed by atoms with Crippen molar-refractivity contribution >= 4 is 5.91 Å². The van der Waals surface area contributed by atoms with E-state index in [1.807, 2.05) is 24.3 Å². The molecule has 3 unspecified atom stereocenters. The van der Waals surface area contributed by atoms with E-state index in [1.165, 1.54) is 0 Å². The Bertz CT molecular complexity index is 600. The Morgan fingerprint density at radius 3 is 2.79 bits per heavy atom. The molecule has 3 aliphatic rings. The molecule has 2 saturated heterocycles. The smallest absolute Gasteiger partial charge is 0.233 e. The van der Waals surface area contributed by atoms with Crippen LogP contribution in [-0.2, 0) is 9.53 Å². The number of likely N-dealkylation sites (tertiary alicyclic amines) is 1. The van der Waals surface area contributed by atoms with Gasteiger partial charge in [0, 0.05) is 37.8 Å². The van der Waals surface area contributed by atoms with Crippen molar-refractivity contribution in [2.75, 3.05) is 46.0 Å². The van der Waals surface area contributed by atoms with E-state index in [0.717, 1.165) is 57.1 Å². The summed E-state index contributed by atoms with van der Waals surface area (Å²) in [6, 6.07) is 8.41. The van der Waals surface area contributed by atoms with Crippen LogP contribution in [0.25, 0.3) is 0 Å². The van der Waals surface area contributed by atoms with Crippen LogP contribution < -0.4 is 4.74 Å². The molecule has 2 fully saturated rings. The number of nitrogens with zero attached hydrogens (tertiary/aromatic N) is 2. The van der Waals surface area contributed by atoms with E-state index in [0.29, 0.717) is 18.6 Å². The number of carbonyl (C=O) groups excluding carboxylic acids is 1. The molecule has 1 aromatic rings. The van der Waals surface area contributed by atoms with Crippen molar-refractivity contribution < 1.29 is 14.3 Å². The largest absolute Gasteiger partial charge is 0.492 e. The second-order valence-electron chi connectivity index (χ2n) is 7.03. The lowest BCUT2D eigenvalue weighted by Crippen LogP contribution is -2.47. The van der Waals surface area contributed by atoms with Crippen molar-refractivity contribution in [3.05, 3.63) is 29.8 Å². The molecular weight excluding hydrogens is 304 g/mol. The third kappa shape index (κ3) is 2.80. The predicted molar refractivity (Wildman–Crippen MR) is 91.2 cm³/mol. The Kier molecular flexibility index (Phi) is 4.46. The number of carbonyl (C=O) groups is 1. The van der Waals surface area contributed by atoms with E-state index in [-0.39, 0.29) is 11.8 Å². The minimum absolute atomic E-state index is 0.137. The van der Waals surface area contributed by atoms with Gasteiger partial charge in [0.2, 0.25) is 5.91 Å². The van der Waals surface area contributed by atoms with E-state index in [1.54, 1.807) is 0 Å². The summed E-state index contributed by atoms with van der Waals surface area (Å²) in [6.45, 7) is 8.02. The van der Waals surface area contributed by atoms with Gasteiger partial charge in [-0.05, 0) is 12.0 Å². The molecular formula is C19H26N2O3. The number of hydrogen-bond donors (Lipinski definition) is 0. The summed E-state index contributed by atoms with van der Waals surface area (Å²) in [5.74, 6) is 1.52. The fraction of sp³-hybridized carbons (Fsp3) is 0.632. The zero-order valence-corrected chi connectivity index (χ0v) is 14.3. The first-order valence-electron chi connectivity index (χ1n) is 9.10. The van der Waals surface area contributed by atoms with Crippen LogP contribution in [0, 0.1) is 5.92 Å². The molecule has 0 spiro atoms. The van der Waals surface area contributed by atoms with Gasteiger partial charge in [-0.15, -0.1) is 0 Å². The summed E-state index contributed by atoms with van der Waals surface area (Å²) in [6.07, 6.45) is 1.11. The van der Waals surface area contributed by atoms with E-state index in [4.69, 9.17) is 9.47 Å². The van der Waals surface area contributed by atoms with Crippen molar-refractivity contribution in [2.45, 2.75) is 25.3 Å². The molecule has 3 atom stereocenters. The maximum Gasteiger partial charge on any atom is 0.233 e. The minimum Gasteiger partial charge on any atom is -0.492 e. The molecule has 1 aromatic carbocycles. The fourth-order valence-electron chi connectivity index (χ4n) is 4.35. The van der Waals surface area contributed by atoms with Crippen molar-refractivity contribution in [1.29, 1.82) is 0 Å². The second kappa shape index (κ2) is 6.73. The molecule has 0 bridgehead atoms. The number of fused-ring (bicyclic) bond motifs is 1. The van der Waals surface area contributed by atoms with E-state index < -0.39 is 0 Å². The standard InChI is InChI=1S/C19H26N2O3/c1-2-14-11-21(12-17(14)20-7-9-23-10-8-20)19(22)16-13-24-18-6-4-3-5-15(16)18/h3-6,14,16-17H,2,7-13H2,1H3. The number of morpholine rings is 1. The predicted octanol–water partition coefficient (Wildman–Crippen LogP) is 1.73. The maximum absolute atomic E-state index is 13.1.